The number of rotatable bonds is 4. The zero-order chi connectivity index (χ0) is 11.7. The predicted octanol–water partition coefficient (Wildman–Crippen LogP) is 2.37. The zero-order valence-electron chi connectivity index (χ0n) is 10.0. The van der Waals surface area contributed by atoms with Crippen molar-refractivity contribution in [2.24, 2.45) is 0 Å². The Labute approximate surface area is 101 Å². The molecule has 1 heterocycles. The average molecular weight is 227 g/mol. The molecule has 1 aromatic heterocycles. The summed E-state index contributed by atoms with van der Waals surface area (Å²) in [5, 5.41) is 10.9. The van der Waals surface area contributed by atoms with Gasteiger partial charge in [0.15, 0.2) is 0 Å². The molecule has 1 aromatic carbocycles. The van der Waals surface area contributed by atoms with Crippen LogP contribution in [0.4, 0.5) is 0 Å². The SMILES string of the molecule is CNC1(Cc2cc(-c3ccccc3)n[nH]2)CC1. The zero-order valence-corrected chi connectivity index (χ0v) is 10.0. The fourth-order valence-corrected chi connectivity index (χ4v) is 2.24. The highest BCUT2D eigenvalue weighted by Gasteiger charge is 2.41. The van der Waals surface area contributed by atoms with E-state index in [0.717, 1.165) is 12.1 Å². The highest BCUT2D eigenvalue weighted by atomic mass is 15.1. The number of nitrogens with one attached hydrogen (secondary N) is 2. The molecule has 17 heavy (non-hydrogen) atoms. The van der Waals surface area contributed by atoms with Crippen LogP contribution in [-0.2, 0) is 6.42 Å². The number of nitrogens with zero attached hydrogens (tertiary/aromatic N) is 1. The summed E-state index contributed by atoms with van der Waals surface area (Å²) in [7, 11) is 2.04. The van der Waals surface area contributed by atoms with Crippen LogP contribution in [0.1, 0.15) is 18.5 Å². The van der Waals surface area contributed by atoms with Gasteiger partial charge in [-0.1, -0.05) is 30.3 Å². The van der Waals surface area contributed by atoms with E-state index >= 15 is 0 Å². The molecular weight excluding hydrogens is 210 g/mol. The van der Waals surface area contributed by atoms with E-state index < -0.39 is 0 Å². The van der Waals surface area contributed by atoms with Gasteiger partial charge in [-0.05, 0) is 26.0 Å². The van der Waals surface area contributed by atoms with Gasteiger partial charge in [0.2, 0.25) is 0 Å². The van der Waals surface area contributed by atoms with Crippen molar-refractivity contribution in [3.63, 3.8) is 0 Å². The molecule has 1 aliphatic carbocycles. The van der Waals surface area contributed by atoms with Gasteiger partial charge >= 0.3 is 0 Å². The standard InChI is InChI=1S/C14H17N3/c1-15-14(7-8-14)10-12-9-13(17-16-12)11-5-3-2-4-6-11/h2-6,9,15H,7-8,10H2,1H3,(H,16,17). The number of H-pyrrole nitrogens is 1. The molecule has 1 saturated carbocycles. The second kappa shape index (κ2) is 4.00. The maximum Gasteiger partial charge on any atom is 0.0923 e. The summed E-state index contributed by atoms with van der Waals surface area (Å²) in [5.41, 5.74) is 3.76. The Balaban J connectivity index is 1.79. The van der Waals surface area contributed by atoms with Crippen molar-refractivity contribution < 1.29 is 0 Å². The topological polar surface area (TPSA) is 40.7 Å². The van der Waals surface area contributed by atoms with Gasteiger partial charge in [0.05, 0.1) is 5.69 Å². The normalized spacial score (nSPS) is 17.0. The van der Waals surface area contributed by atoms with Crippen molar-refractivity contribution in [3.8, 4) is 11.3 Å². The molecule has 0 saturated heterocycles. The summed E-state index contributed by atoms with van der Waals surface area (Å²) in [6.45, 7) is 0. The summed E-state index contributed by atoms with van der Waals surface area (Å²) in [4.78, 5) is 0. The summed E-state index contributed by atoms with van der Waals surface area (Å²) in [5.74, 6) is 0. The lowest BCUT2D eigenvalue weighted by Crippen LogP contribution is -2.29. The van der Waals surface area contributed by atoms with Gasteiger partial charge in [-0.15, -0.1) is 0 Å². The van der Waals surface area contributed by atoms with Gasteiger partial charge in [-0.25, -0.2) is 0 Å². The Hall–Kier alpha value is -1.61. The summed E-state index contributed by atoms with van der Waals surface area (Å²) in [6, 6.07) is 12.4. The van der Waals surface area contributed by atoms with Crippen LogP contribution in [0.3, 0.4) is 0 Å². The molecule has 3 nitrogen and oxygen atoms in total. The number of aromatic amines is 1. The smallest absolute Gasteiger partial charge is 0.0923 e. The lowest BCUT2D eigenvalue weighted by Gasteiger charge is -2.11. The maximum absolute atomic E-state index is 4.38. The first-order valence-corrected chi connectivity index (χ1v) is 6.10. The molecule has 1 aliphatic rings. The maximum atomic E-state index is 4.38. The van der Waals surface area contributed by atoms with Gasteiger partial charge in [0.1, 0.15) is 0 Å². The minimum absolute atomic E-state index is 0.334. The molecule has 0 spiro atoms. The lowest BCUT2D eigenvalue weighted by molar-refractivity contribution is 0.541. The van der Waals surface area contributed by atoms with E-state index in [-0.39, 0.29) is 0 Å². The van der Waals surface area contributed by atoms with Crippen molar-refractivity contribution in [1.82, 2.24) is 15.5 Å². The van der Waals surface area contributed by atoms with Crippen molar-refractivity contribution in [1.29, 1.82) is 0 Å². The highest BCUT2D eigenvalue weighted by Crippen LogP contribution is 2.38. The molecular formula is C14H17N3. The molecule has 3 rings (SSSR count). The first-order valence-electron chi connectivity index (χ1n) is 6.10. The molecule has 0 atom stereocenters. The molecule has 3 heteroatoms. The monoisotopic (exact) mass is 227 g/mol. The largest absolute Gasteiger partial charge is 0.314 e. The first-order chi connectivity index (χ1) is 8.31. The van der Waals surface area contributed by atoms with Crippen LogP contribution in [0.25, 0.3) is 11.3 Å². The van der Waals surface area contributed by atoms with Crippen LogP contribution >= 0.6 is 0 Å². The number of aromatic nitrogens is 2. The number of hydrogen-bond donors (Lipinski definition) is 2. The molecule has 2 N–H and O–H groups in total. The Morgan fingerprint density at radius 3 is 2.71 bits per heavy atom. The molecule has 0 unspecified atom stereocenters. The van der Waals surface area contributed by atoms with E-state index in [1.807, 2.05) is 25.2 Å². The van der Waals surface area contributed by atoms with E-state index in [9.17, 15) is 0 Å². The first kappa shape index (κ1) is 10.5. The number of hydrogen-bond acceptors (Lipinski definition) is 2. The predicted molar refractivity (Wildman–Crippen MR) is 68.8 cm³/mol. The Bertz CT molecular complexity index is 497. The van der Waals surface area contributed by atoms with Crippen molar-refractivity contribution in [2.75, 3.05) is 7.05 Å². The lowest BCUT2D eigenvalue weighted by atomic mass is 10.1. The van der Waals surface area contributed by atoms with Crippen molar-refractivity contribution in [3.05, 3.63) is 42.1 Å². The summed E-state index contributed by atoms with van der Waals surface area (Å²) >= 11 is 0. The van der Waals surface area contributed by atoms with Gasteiger partial charge in [-0.3, -0.25) is 5.10 Å². The summed E-state index contributed by atoms with van der Waals surface area (Å²) < 4.78 is 0. The van der Waals surface area contributed by atoms with Crippen LogP contribution in [0.2, 0.25) is 0 Å². The molecule has 0 bridgehead atoms. The minimum Gasteiger partial charge on any atom is -0.314 e. The average Bonchev–Trinajstić information content (AvgIpc) is 3.00. The molecule has 0 aliphatic heterocycles. The third kappa shape index (κ3) is 2.11. The van der Waals surface area contributed by atoms with Crippen LogP contribution < -0.4 is 5.32 Å². The minimum atomic E-state index is 0.334. The van der Waals surface area contributed by atoms with Gasteiger partial charge < -0.3 is 5.32 Å². The quantitative estimate of drug-likeness (QED) is 0.842. The third-order valence-corrected chi connectivity index (χ3v) is 3.61. The second-order valence-electron chi connectivity index (χ2n) is 4.85. The molecule has 0 radical (unpaired) electrons. The number of likely N-dealkylation sites (N-methyl/N-ethyl adjacent to an activating group) is 1. The Morgan fingerprint density at radius 1 is 1.29 bits per heavy atom. The van der Waals surface area contributed by atoms with Gasteiger partial charge in [-0.2, -0.15) is 5.10 Å². The molecule has 88 valence electrons. The van der Waals surface area contributed by atoms with Crippen LogP contribution in [0.5, 0.6) is 0 Å². The van der Waals surface area contributed by atoms with Crippen molar-refractivity contribution in [2.45, 2.75) is 24.8 Å². The van der Waals surface area contributed by atoms with E-state index in [2.05, 4.69) is 33.7 Å². The van der Waals surface area contributed by atoms with Crippen molar-refractivity contribution >= 4 is 0 Å². The third-order valence-electron chi connectivity index (χ3n) is 3.61. The van der Waals surface area contributed by atoms with Crippen LogP contribution in [0, 0.1) is 0 Å². The molecule has 1 fully saturated rings. The van der Waals surface area contributed by atoms with Gasteiger partial charge in [0, 0.05) is 23.2 Å². The van der Waals surface area contributed by atoms with E-state index in [0.29, 0.717) is 5.54 Å². The fourth-order valence-electron chi connectivity index (χ4n) is 2.24. The van der Waals surface area contributed by atoms with E-state index in [1.165, 1.54) is 24.1 Å². The molecule has 2 aromatic rings. The Kier molecular flexibility index (Phi) is 2.48. The van der Waals surface area contributed by atoms with E-state index in [4.69, 9.17) is 0 Å². The highest BCUT2D eigenvalue weighted by molar-refractivity contribution is 5.58. The van der Waals surface area contributed by atoms with Gasteiger partial charge in [0.25, 0.3) is 0 Å². The van der Waals surface area contributed by atoms with Crippen LogP contribution in [-0.4, -0.2) is 22.8 Å². The second-order valence-corrected chi connectivity index (χ2v) is 4.85. The molecule has 0 amide bonds. The fraction of sp³-hybridized carbons (Fsp3) is 0.357. The van der Waals surface area contributed by atoms with E-state index in [1.54, 1.807) is 0 Å². The van der Waals surface area contributed by atoms with Crippen LogP contribution in [0.15, 0.2) is 36.4 Å². The summed E-state index contributed by atoms with van der Waals surface area (Å²) in [6.07, 6.45) is 3.58. The number of benzene rings is 1. The Morgan fingerprint density at radius 2 is 2.06 bits per heavy atom.